The first-order valence-electron chi connectivity index (χ1n) is 0.894. The van der Waals surface area contributed by atoms with Gasteiger partial charge in [-0.25, -0.2) is 0 Å². The molecule has 0 atom stereocenters. The van der Waals surface area contributed by atoms with Gasteiger partial charge in [-0.3, -0.25) is 0 Å². The van der Waals surface area contributed by atoms with Crippen LogP contribution in [0.2, 0.25) is 0 Å². The SMILES string of the molecule is O.O[Si](O)(O)O.[AlH3].[MgH2].[NaH]. The molecular formula is H12AlMgNaO5Si. The van der Waals surface area contributed by atoms with Crippen molar-refractivity contribution >= 4 is 79.0 Å². The van der Waals surface area contributed by atoms with Gasteiger partial charge >= 0.3 is 61.7 Å². The van der Waals surface area contributed by atoms with Crippen LogP contribution in [-0.2, 0) is 0 Å². The van der Waals surface area contributed by atoms with E-state index < -0.39 is 9.05 Å². The van der Waals surface area contributed by atoms with Gasteiger partial charge in [-0.2, -0.15) is 0 Å². The van der Waals surface area contributed by atoms with Crippen LogP contribution >= 0.6 is 0 Å². The molecule has 0 aromatic rings. The molecule has 0 rings (SSSR count). The monoisotopic (exact) mass is 194 g/mol. The molecule has 0 heterocycles. The van der Waals surface area contributed by atoms with Crippen molar-refractivity contribution in [3.63, 3.8) is 0 Å². The van der Waals surface area contributed by atoms with Crippen molar-refractivity contribution in [1.82, 2.24) is 0 Å². The van der Waals surface area contributed by atoms with Crippen LogP contribution in [0, 0.1) is 0 Å². The molecule has 9 heteroatoms. The molecule has 0 saturated carbocycles. The summed E-state index contributed by atoms with van der Waals surface area (Å²) in [6.07, 6.45) is 0. The summed E-state index contributed by atoms with van der Waals surface area (Å²) in [7, 11) is -4.61. The first-order valence-corrected chi connectivity index (χ1v) is 2.68. The van der Waals surface area contributed by atoms with E-state index in [9.17, 15) is 0 Å². The van der Waals surface area contributed by atoms with E-state index >= 15 is 0 Å². The predicted molar refractivity (Wildman–Crippen MR) is 43.9 cm³/mol. The molecule has 0 saturated heterocycles. The Morgan fingerprint density at radius 3 is 0.889 bits per heavy atom. The number of hydrogen-bond acceptors (Lipinski definition) is 4. The van der Waals surface area contributed by atoms with Gasteiger partial charge in [0, 0.05) is 0 Å². The van der Waals surface area contributed by atoms with Crippen LogP contribution in [0.1, 0.15) is 0 Å². The Balaban J connectivity index is -0.0000000133. The van der Waals surface area contributed by atoms with Crippen molar-refractivity contribution in [2.75, 3.05) is 0 Å². The third-order valence-electron chi connectivity index (χ3n) is 0. The Morgan fingerprint density at radius 1 is 0.889 bits per heavy atom. The fourth-order valence-electron chi connectivity index (χ4n) is 0. The van der Waals surface area contributed by atoms with Crippen molar-refractivity contribution in [2.45, 2.75) is 0 Å². The number of rotatable bonds is 0. The summed E-state index contributed by atoms with van der Waals surface area (Å²) in [4.78, 5) is 29.3. The first kappa shape index (κ1) is 30.2. The Hall–Kier alpha value is 2.32. The van der Waals surface area contributed by atoms with Crippen molar-refractivity contribution in [2.24, 2.45) is 0 Å². The van der Waals surface area contributed by atoms with Gasteiger partial charge < -0.3 is 24.7 Å². The summed E-state index contributed by atoms with van der Waals surface area (Å²) in [5.74, 6) is 0. The van der Waals surface area contributed by atoms with E-state index in [1.807, 2.05) is 0 Å². The third-order valence-corrected chi connectivity index (χ3v) is 0. The quantitative estimate of drug-likeness (QED) is 0.287. The third kappa shape index (κ3) is 133. The molecule has 0 aromatic carbocycles. The fourth-order valence-corrected chi connectivity index (χ4v) is 0. The Kier molecular flexibility index (Phi) is 43.4. The molecule has 0 spiro atoms. The van der Waals surface area contributed by atoms with E-state index in [1.54, 1.807) is 0 Å². The standard InChI is InChI=1S/Al.Mg.Na.H4O4Si.H2O.6H/c;;;1-5(2,3)4;;;;;;;/h;;;1-4H;1H2;;;;;;. The molecule has 0 unspecified atom stereocenters. The van der Waals surface area contributed by atoms with E-state index in [-0.39, 0.29) is 75.4 Å². The molecule has 0 aliphatic rings. The van der Waals surface area contributed by atoms with Crippen LogP contribution in [-0.4, -0.2) is 104 Å². The van der Waals surface area contributed by atoms with Crippen molar-refractivity contribution in [1.29, 1.82) is 0 Å². The van der Waals surface area contributed by atoms with E-state index in [1.165, 1.54) is 0 Å². The predicted octanol–water partition coefficient (Wildman–Crippen LogP) is -6.18. The van der Waals surface area contributed by atoms with Crippen molar-refractivity contribution < 1.29 is 24.7 Å². The minimum absolute atomic E-state index is 0. The van der Waals surface area contributed by atoms with Crippen molar-refractivity contribution in [3.8, 4) is 0 Å². The molecule has 52 valence electrons. The second-order valence-corrected chi connectivity index (χ2v) is 1.80. The van der Waals surface area contributed by atoms with Gasteiger partial charge in [0.2, 0.25) is 0 Å². The van der Waals surface area contributed by atoms with Crippen LogP contribution in [0.5, 0.6) is 0 Å². The zero-order chi connectivity index (χ0) is 4.50. The van der Waals surface area contributed by atoms with Gasteiger partial charge in [-0.05, 0) is 0 Å². The molecule has 6 N–H and O–H groups in total. The van der Waals surface area contributed by atoms with Crippen LogP contribution in [0.3, 0.4) is 0 Å². The van der Waals surface area contributed by atoms with E-state index in [0.717, 1.165) is 0 Å². The summed E-state index contributed by atoms with van der Waals surface area (Å²) in [6, 6.07) is 0. The molecule has 0 fully saturated rings. The Labute approximate surface area is 102 Å². The summed E-state index contributed by atoms with van der Waals surface area (Å²) in [5, 5.41) is 0. The molecular weight excluding hydrogens is 182 g/mol. The second-order valence-electron chi connectivity index (χ2n) is 0.600. The summed E-state index contributed by atoms with van der Waals surface area (Å²) in [6.45, 7) is 0. The molecule has 0 radical (unpaired) electrons. The van der Waals surface area contributed by atoms with Crippen molar-refractivity contribution in [3.05, 3.63) is 0 Å². The summed E-state index contributed by atoms with van der Waals surface area (Å²) < 4.78 is 0. The molecule has 0 aliphatic carbocycles. The van der Waals surface area contributed by atoms with Crippen LogP contribution < -0.4 is 0 Å². The van der Waals surface area contributed by atoms with Crippen LogP contribution in [0.15, 0.2) is 0 Å². The number of hydrogen-bond donors (Lipinski definition) is 4. The maximum atomic E-state index is 7.33. The zero-order valence-corrected chi connectivity index (χ0v) is 3.79. The molecule has 9 heavy (non-hydrogen) atoms. The van der Waals surface area contributed by atoms with E-state index in [4.69, 9.17) is 19.2 Å². The average molecular weight is 194 g/mol. The minimum atomic E-state index is -4.61. The molecule has 0 bridgehead atoms. The van der Waals surface area contributed by atoms with Gasteiger partial charge in [0.1, 0.15) is 0 Å². The average Bonchev–Trinajstić information content (AvgIpc) is 0.722. The van der Waals surface area contributed by atoms with Gasteiger partial charge in [-0.1, -0.05) is 0 Å². The van der Waals surface area contributed by atoms with E-state index in [2.05, 4.69) is 0 Å². The van der Waals surface area contributed by atoms with Crippen LogP contribution in [0.4, 0.5) is 0 Å². The Morgan fingerprint density at radius 2 is 0.889 bits per heavy atom. The van der Waals surface area contributed by atoms with E-state index in [0.29, 0.717) is 0 Å². The summed E-state index contributed by atoms with van der Waals surface area (Å²) >= 11 is 0. The molecule has 0 aliphatic heterocycles. The van der Waals surface area contributed by atoms with Gasteiger partial charge in [0.25, 0.3) is 0 Å². The van der Waals surface area contributed by atoms with Gasteiger partial charge in [-0.15, -0.1) is 0 Å². The van der Waals surface area contributed by atoms with Gasteiger partial charge in [0.05, 0.1) is 0 Å². The second kappa shape index (κ2) is 12.9. The molecule has 0 amide bonds. The summed E-state index contributed by atoms with van der Waals surface area (Å²) in [5.41, 5.74) is 0. The fraction of sp³-hybridized carbons (Fsp3) is 0. The Bertz CT molecular complexity index is 32.4. The maximum absolute atomic E-state index is 7.33. The van der Waals surface area contributed by atoms with Gasteiger partial charge in [0.15, 0.2) is 17.4 Å². The topological polar surface area (TPSA) is 112 Å². The molecule has 0 aromatic heterocycles. The normalized spacial score (nSPS) is 6.67. The zero-order valence-electron chi connectivity index (χ0n) is 2.79. The molecule has 5 nitrogen and oxygen atoms in total. The van der Waals surface area contributed by atoms with Crippen LogP contribution in [0.25, 0.3) is 0 Å². The first-order chi connectivity index (χ1) is 2.00.